The van der Waals surface area contributed by atoms with E-state index in [4.69, 9.17) is 0 Å². The Labute approximate surface area is 48.4 Å². The molecule has 0 atom stereocenters. The van der Waals surface area contributed by atoms with Crippen molar-refractivity contribution < 1.29 is 4.99 Å². The van der Waals surface area contributed by atoms with Crippen molar-refractivity contribution in [1.82, 2.24) is 5.32 Å². The average Bonchev–Trinajstić information content (AvgIpc) is 1.72. The molecule has 0 fully saturated rings. The van der Waals surface area contributed by atoms with Crippen molar-refractivity contribution in [3.63, 3.8) is 0 Å². The molecule has 0 aliphatic rings. The maximum Gasteiger partial charge on any atom is 0.303 e. The molecule has 0 spiro atoms. The van der Waals surface area contributed by atoms with Crippen molar-refractivity contribution in [3.05, 3.63) is 0 Å². The van der Waals surface area contributed by atoms with Crippen LogP contribution in [0.4, 0.5) is 0 Å². The maximum absolute atomic E-state index is 2.97. The molecular formula is C4H11N2S+. The Morgan fingerprint density at radius 3 is 2.29 bits per heavy atom. The van der Waals surface area contributed by atoms with Crippen molar-refractivity contribution in [2.45, 2.75) is 0 Å². The molecule has 0 rings (SSSR count). The smallest absolute Gasteiger partial charge is 0.272 e. The standard InChI is InChI=1S/C4H10N2S/c1-5-4(6-2)7-3/h1-3H3,(H,5,6)/p+1. The van der Waals surface area contributed by atoms with Crippen LogP contribution in [-0.4, -0.2) is 25.5 Å². The Balaban J connectivity index is 3.38. The monoisotopic (exact) mass is 119 g/mol. The summed E-state index contributed by atoms with van der Waals surface area (Å²) in [7, 11) is 3.78. The molecule has 0 saturated heterocycles. The minimum absolute atomic E-state index is 1.10. The molecule has 0 aliphatic heterocycles. The van der Waals surface area contributed by atoms with E-state index in [2.05, 4.69) is 10.3 Å². The van der Waals surface area contributed by atoms with E-state index in [1.165, 1.54) is 0 Å². The Morgan fingerprint density at radius 2 is 2.29 bits per heavy atom. The van der Waals surface area contributed by atoms with E-state index >= 15 is 0 Å². The quantitative estimate of drug-likeness (QED) is 0.304. The number of thioether (sulfide) groups is 1. The summed E-state index contributed by atoms with van der Waals surface area (Å²) in [6.45, 7) is 0. The second-order valence-electron chi connectivity index (χ2n) is 1.03. The van der Waals surface area contributed by atoms with Crippen molar-refractivity contribution in [1.29, 1.82) is 0 Å². The summed E-state index contributed by atoms with van der Waals surface area (Å²) in [5, 5.41) is 4.07. The molecule has 0 radical (unpaired) electrons. The van der Waals surface area contributed by atoms with Crippen LogP contribution in [0.2, 0.25) is 0 Å². The third-order valence-electron chi connectivity index (χ3n) is 0.658. The summed E-state index contributed by atoms with van der Waals surface area (Å²) in [4.78, 5) is 2.97. The summed E-state index contributed by atoms with van der Waals surface area (Å²) in [6.07, 6.45) is 2.02. The van der Waals surface area contributed by atoms with Gasteiger partial charge in [-0.25, -0.2) is 0 Å². The van der Waals surface area contributed by atoms with Crippen LogP contribution in [0.25, 0.3) is 0 Å². The zero-order chi connectivity index (χ0) is 5.70. The number of hydrogen-bond acceptors (Lipinski definition) is 1. The molecule has 2 N–H and O–H groups in total. The van der Waals surface area contributed by atoms with Gasteiger partial charge in [0, 0.05) is 0 Å². The molecule has 0 aromatic carbocycles. The SMILES string of the molecule is CNC(=[NH+]C)SC. The lowest BCUT2D eigenvalue weighted by atomic mass is 11.1. The molecule has 0 heterocycles. The lowest BCUT2D eigenvalue weighted by Crippen LogP contribution is -2.70. The lowest BCUT2D eigenvalue weighted by Gasteiger charge is -1.86. The summed E-state index contributed by atoms with van der Waals surface area (Å²) >= 11 is 1.66. The average molecular weight is 119 g/mol. The van der Waals surface area contributed by atoms with Crippen LogP contribution in [0.3, 0.4) is 0 Å². The van der Waals surface area contributed by atoms with Crippen molar-refractivity contribution in [2.75, 3.05) is 20.4 Å². The zero-order valence-corrected chi connectivity index (χ0v) is 5.72. The van der Waals surface area contributed by atoms with Gasteiger partial charge in [0.25, 0.3) is 0 Å². The fourth-order valence-electron chi connectivity index (χ4n) is 0.329. The predicted octanol–water partition coefficient (Wildman–Crippen LogP) is -1.36. The van der Waals surface area contributed by atoms with Gasteiger partial charge < -0.3 is 0 Å². The van der Waals surface area contributed by atoms with Gasteiger partial charge in [-0.3, -0.25) is 10.3 Å². The predicted molar refractivity (Wildman–Crippen MR) is 34.5 cm³/mol. The highest BCUT2D eigenvalue weighted by Gasteiger charge is 1.92. The lowest BCUT2D eigenvalue weighted by molar-refractivity contribution is -0.418. The first-order valence-electron chi connectivity index (χ1n) is 2.11. The van der Waals surface area contributed by atoms with Crippen molar-refractivity contribution >= 4 is 16.9 Å². The zero-order valence-electron chi connectivity index (χ0n) is 4.91. The van der Waals surface area contributed by atoms with E-state index in [1.54, 1.807) is 11.8 Å². The second kappa shape index (κ2) is 3.99. The van der Waals surface area contributed by atoms with Crippen LogP contribution in [0.5, 0.6) is 0 Å². The summed E-state index contributed by atoms with van der Waals surface area (Å²) < 4.78 is 0. The van der Waals surface area contributed by atoms with Gasteiger partial charge in [-0.2, -0.15) is 0 Å². The second-order valence-corrected chi connectivity index (χ2v) is 1.85. The van der Waals surface area contributed by atoms with Crippen molar-refractivity contribution in [3.8, 4) is 0 Å². The van der Waals surface area contributed by atoms with Gasteiger partial charge in [0.2, 0.25) is 0 Å². The molecular weight excluding hydrogens is 108 g/mol. The van der Waals surface area contributed by atoms with E-state index in [0.717, 1.165) is 5.17 Å². The molecule has 7 heavy (non-hydrogen) atoms. The summed E-state index contributed by atoms with van der Waals surface area (Å²) in [5.74, 6) is 0. The topological polar surface area (TPSA) is 26.0 Å². The molecule has 0 bridgehead atoms. The highest BCUT2D eigenvalue weighted by Crippen LogP contribution is 1.83. The summed E-state index contributed by atoms with van der Waals surface area (Å²) in [6, 6.07) is 0. The molecule has 3 heteroatoms. The van der Waals surface area contributed by atoms with E-state index in [0.29, 0.717) is 0 Å². The normalized spacial score (nSPS) is 11.6. The van der Waals surface area contributed by atoms with Crippen LogP contribution < -0.4 is 10.3 Å². The molecule has 0 amide bonds. The molecule has 0 saturated carbocycles. The Morgan fingerprint density at radius 1 is 1.71 bits per heavy atom. The van der Waals surface area contributed by atoms with Crippen LogP contribution in [-0.2, 0) is 0 Å². The first-order valence-corrected chi connectivity index (χ1v) is 3.34. The largest absolute Gasteiger partial charge is 0.303 e. The van der Waals surface area contributed by atoms with Crippen LogP contribution >= 0.6 is 11.8 Å². The Bertz CT molecular complexity index is 64.1. The highest BCUT2D eigenvalue weighted by molar-refractivity contribution is 8.12. The highest BCUT2D eigenvalue weighted by atomic mass is 32.2. The first kappa shape index (κ1) is 6.82. The van der Waals surface area contributed by atoms with E-state index < -0.39 is 0 Å². The minimum Gasteiger partial charge on any atom is -0.272 e. The van der Waals surface area contributed by atoms with Gasteiger partial charge >= 0.3 is 5.17 Å². The van der Waals surface area contributed by atoms with E-state index in [9.17, 15) is 0 Å². The number of nitrogens with one attached hydrogen (secondary N) is 2. The van der Waals surface area contributed by atoms with E-state index in [1.807, 2.05) is 20.4 Å². The van der Waals surface area contributed by atoms with Gasteiger partial charge in [0.05, 0.1) is 14.1 Å². The van der Waals surface area contributed by atoms with Gasteiger partial charge in [0.15, 0.2) is 0 Å². The van der Waals surface area contributed by atoms with Gasteiger partial charge in [0.1, 0.15) is 0 Å². The first-order chi connectivity index (χ1) is 3.35. The molecule has 0 unspecified atom stereocenters. The Hall–Kier alpha value is -0.180. The Kier molecular flexibility index (Phi) is 3.89. The van der Waals surface area contributed by atoms with Crippen LogP contribution in [0.1, 0.15) is 0 Å². The van der Waals surface area contributed by atoms with Gasteiger partial charge in [-0.05, 0) is 18.0 Å². The molecule has 2 nitrogen and oxygen atoms in total. The molecule has 0 aromatic heterocycles. The third kappa shape index (κ3) is 2.51. The fraction of sp³-hybridized carbons (Fsp3) is 0.750. The van der Waals surface area contributed by atoms with Crippen LogP contribution in [0, 0.1) is 0 Å². The van der Waals surface area contributed by atoms with Gasteiger partial charge in [-0.1, -0.05) is 0 Å². The van der Waals surface area contributed by atoms with E-state index in [-0.39, 0.29) is 0 Å². The number of amidine groups is 1. The fourth-order valence-corrected chi connectivity index (χ4v) is 0.737. The van der Waals surface area contributed by atoms with Gasteiger partial charge in [-0.15, -0.1) is 0 Å². The van der Waals surface area contributed by atoms with Crippen molar-refractivity contribution in [2.24, 2.45) is 0 Å². The third-order valence-corrected chi connectivity index (χ3v) is 1.47. The summed E-state index contributed by atoms with van der Waals surface area (Å²) in [5.41, 5.74) is 0. The molecule has 0 aliphatic carbocycles. The maximum atomic E-state index is 2.97. The van der Waals surface area contributed by atoms with Crippen LogP contribution in [0.15, 0.2) is 0 Å². The molecule has 0 aromatic rings. The number of hydrogen-bond donors (Lipinski definition) is 2. The number of rotatable bonds is 0. The minimum atomic E-state index is 1.10. The molecule has 42 valence electrons.